The maximum Gasteiger partial charge on any atom is 0.161 e. The topological polar surface area (TPSA) is 44.5 Å². The van der Waals surface area contributed by atoms with E-state index in [0.717, 1.165) is 24.3 Å². The quantitative estimate of drug-likeness (QED) is 0.801. The van der Waals surface area contributed by atoms with E-state index in [9.17, 15) is 0 Å². The maximum absolute atomic E-state index is 6.02. The number of benzene rings is 1. The minimum Gasteiger partial charge on any atom is -0.490 e. The molecule has 0 aliphatic heterocycles. The smallest absolute Gasteiger partial charge is 0.161 e. The normalized spacial score (nSPS) is 12.1. The molecule has 2 aromatic rings. The highest BCUT2D eigenvalue weighted by molar-refractivity contribution is 7.07. The van der Waals surface area contributed by atoms with Crippen LogP contribution in [0.25, 0.3) is 0 Å². The average Bonchev–Trinajstić information content (AvgIpc) is 3.00. The molecule has 1 atom stereocenters. The summed E-state index contributed by atoms with van der Waals surface area (Å²) < 4.78 is 11.6. The van der Waals surface area contributed by atoms with Crippen molar-refractivity contribution in [1.29, 1.82) is 0 Å². The van der Waals surface area contributed by atoms with Crippen LogP contribution in [0.15, 0.2) is 35.0 Å². The Morgan fingerprint density at radius 1 is 1.10 bits per heavy atom. The van der Waals surface area contributed by atoms with Crippen LogP contribution in [-0.4, -0.2) is 12.6 Å². The van der Waals surface area contributed by atoms with Gasteiger partial charge in [-0.1, -0.05) is 13.0 Å². The Morgan fingerprint density at radius 3 is 2.62 bits per heavy atom. The zero-order valence-electron chi connectivity index (χ0n) is 12.7. The Bertz CT molecular complexity index is 540. The van der Waals surface area contributed by atoms with Gasteiger partial charge in [-0.3, -0.25) is 0 Å². The van der Waals surface area contributed by atoms with E-state index in [1.54, 1.807) is 11.3 Å². The van der Waals surface area contributed by atoms with E-state index in [2.05, 4.69) is 29.8 Å². The average molecular weight is 305 g/mol. The van der Waals surface area contributed by atoms with Crippen LogP contribution in [0.4, 0.5) is 0 Å². The number of ether oxygens (including phenoxy) is 2. The molecule has 0 spiro atoms. The first-order valence-electron chi connectivity index (χ1n) is 7.38. The van der Waals surface area contributed by atoms with Crippen molar-refractivity contribution < 1.29 is 9.47 Å². The van der Waals surface area contributed by atoms with E-state index in [1.807, 2.05) is 19.1 Å². The van der Waals surface area contributed by atoms with Crippen molar-refractivity contribution in [2.45, 2.75) is 39.3 Å². The standard InChI is InChI=1S/C17H23NO2S/c1-3-15(18)9-13-5-6-16(17(10-13)19-4-2)20-11-14-7-8-21-12-14/h5-8,10,12,15H,3-4,9,11,18H2,1-2H3. The molecule has 0 bridgehead atoms. The molecule has 114 valence electrons. The molecule has 1 unspecified atom stereocenters. The van der Waals surface area contributed by atoms with Crippen LogP contribution in [0.3, 0.4) is 0 Å². The molecule has 1 aromatic carbocycles. The highest BCUT2D eigenvalue weighted by Gasteiger charge is 2.09. The second kappa shape index (κ2) is 8.05. The summed E-state index contributed by atoms with van der Waals surface area (Å²) in [7, 11) is 0. The predicted molar refractivity (Wildman–Crippen MR) is 88.2 cm³/mol. The first-order valence-corrected chi connectivity index (χ1v) is 8.32. The van der Waals surface area contributed by atoms with Gasteiger partial charge in [0.2, 0.25) is 0 Å². The molecular formula is C17H23NO2S. The van der Waals surface area contributed by atoms with Crippen LogP contribution in [0.2, 0.25) is 0 Å². The molecule has 3 nitrogen and oxygen atoms in total. The summed E-state index contributed by atoms with van der Waals surface area (Å²) in [5.41, 5.74) is 8.39. The molecule has 0 amide bonds. The van der Waals surface area contributed by atoms with Gasteiger partial charge in [-0.05, 0) is 59.9 Å². The van der Waals surface area contributed by atoms with Gasteiger partial charge in [0.05, 0.1) is 6.61 Å². The Balaban J connectivity index is 2.08. The fraction of sp³-hybridized carbons (Fsp3) is 0.412. The van der Waals surface area contributed by atoms with Gasteiger partial charge >= 0.3 is 0 Å². The van der Waals surface area contributed by atoms with Crippen LogP contribution >= 0.6 is 11.3 Å². The number of rotatable bonds is 8. The highest BCUT2D eigenvalue weighted by atomic mass is 32.1. The second-order valence-corrected chi connectivity index (χ2v) is 5.79. The molecule has 0 saturated carbocycles. The van der Waals surface area contributed by atoms with E-state index in [4.69, 9.17) is 15.2 Å². The highest BCUT2D eigenvalue weighted by Crippen LogP contribution is 2.30. The second-order valence-electron chi connectivity index (χ2n) is 5.01. The molecule has 4 heteroatoms. The fourth-order valence-electron chi connectivity index (χ4n) is 2.05. The Kier molecular flexibility index (Phi) is 6.08. The van der Waals surface area contributed by atoms with Gasteiger partial charge in [0.1, 0.15) is 6.61 Å². The predicted octanol–water partition coefficient (Wildman–Crippen LogP) is 4.01. The van der Waals surface area contributed by atoms with Crippen LogP contribution in [-0.2, 0) is 13.0 Å². The molecule has 1 heterocycles. The molecule has 21 heavy (non-hydrogen) atoms. The van der Waals surface area contributed by atoms with Gasteiger partial charge in [0, 0.05) is 6.04 Å². The fourth-order valence-corrected chi connectivity index (χ4v) is 2.70. The first-order chi connectivity index (χ1) is 10.2. The Labute approximate surface area is 130 Å². The van der Waals surface area contributed by atoms with Gasteiger partial charge in [-0.25, -0.2) is 0 Å². The SMILES string of the molecule is CCOc1cc(CC(N)CC)ccc1OCc1ccsc1. The van der Waals surface area contributed by atoms with Crippen molar-refractivity contribution in [3.63, 3.8) is 0 Å². The van der Waals surface area contributed by atoms with E-state index in [-0.39, 0.29) is 6.04 Å². The number of nitrogens with two attached hydrogens (primary N) is 1. The van der Waals surface area contributed by atoms with Crippen molar-refractivity contribution >= 4 is 11.3 Å². The maximum atomic E-state index is 6.02. The van der Waals surface area contributed by atoms with Crippen LogP contribution in [0, 0.1) is 0 Å². The van der Waals surface area contributed by atoms with Crippen molar-refractivity contribution in [1.82, 2.24) is 0 Å². The molecule has 0 saturated heterocycles. The minimum absolute atomic E-state index is 0.192. The zero-order valence-corrected chi connectivity index (χ0v) is 13.5. The molecule has 2 rings (SSSR count). The van der Waals surface area contributed by atoms with E-state index in [1.165, 1.54) is 11.1 Å². The summed E-state index contributed by atoms with van der Waals surface area (Å²) in [6, 6.07) is 8.36. The van der Waals surface area contributed by atoms with E-state index < -0.39 is 0 Å². The summed E-state index contributed by atoms with van der Waals surface area (Å²) in [6.45, 7) is 5.27. The largest absolute Gasteiger partial charge is 0.490 e. The Hall–Kier alpha value is -1.52. The number of hydrogen-bond donors (Lipinski definition) is 1. The molecule has 0 aliphatic rings. The zero-order chi connectivity index (χ0) is 15.1. The lowest BCUT2D eigenvalue weighted by Gasteiger charge is -2.14. The lowest BCUT2D eigenvalue weighted by atomic mass is 10.0. The molecule has 2 N–H and O–H groups in total. The monoisotopic (exact) mass is 305 g/mol. The van der Waals surface area contributed by atoms with Crippen molar-refractivity contribution in [2.75, 3.05) is 6.61 Å². The molecule has 0 aliphatic carbocycles. The van der Waals surface area contributed by atoms with Gasteiger partial charge in [0.25, 0.3) is 0 Å². The van der Waals surface area contributed by atoms with Crippen LogP contribution in [0.1, 0.15) is 31.4 Å². The van der Waals surface area contributed by atoms with Crippen molar-refractivity contribution in [2.24, 2.45) is 5.73 Å². The molecule has 0 radical (unpaired) electrons. The summed E-state index contributed by atoms with van der Waals surface area (Å²) >= 11 is 1.68. The summed E-state index contributed by atoms with van der Waals surface area (Å²) in [5, 5.41) is 4.15. The minimum atomic E-state index is 0.192. The van der Waals surface area contributed by atoms with Crippen LogP contribution in [0.5, 0.6) is 11.5 Å². The van der Waals surface area contributed by atoms with Gasteiger partial charge in [-0.2, -0.15) is 11.3 Å². The van der Waals surface area contributed by atoms with Crippen molar-refractivity contribution in [3.05, 3.63) is 46.2 Å². The third-order valence-electron chi connectivity index (χ3n) is 3.30. The molecule has 0 fully saturated rings. The lowest BCUT2D eigenvalue weighted by Crippen LogP contribution is -2.21. The number of thiophene rings is 1. The Morgan fingerprint density at radius 2 is 1.95 bits per heavy atom. The lowest BCUT2D eigenvalue weighted by molar-refractivity contribution is 0.269. The first kappa shape index (κ1) is 15.9. The van der Waals surface area contributed by atoms with Crippen LogP contribution < -0.4 is 15.2 Å². The summed E-state index contributed by atoms with van der Waals surface area (Å²) in [6.07, 6.45) is 1.84. The van der Waals surface area contributed by atoms with E-state index >= 15 is 0 Å². The summed E-state index contributed by atoms with van der Waals surface area (Å²) in [4.78, 5) is 0. The molecular weight excluding hydrogens is 282 g/mol. The van der Waals surface area contributed by atoms with Crippen molar-refractivity contribution in [3.8, 4) is 11.5 Å². The number of hydrogen-bond acceptors (Lipinski definition) is 4. The molecule has 1 aromatic heterocycles. The van der Waals surface area contributed by atoms with Gasteiger partial charge < -0.3 is 15.2 Å². The van der Waals surface area contributed by atoms with Gasteiger partial charge in [0.15, 0.2) is 11.5 Å². The third-order valence-corrected chi connectivity index (χ3v) is 4.04. The third kappa shape index (κ3) is 4.76. The van der Waals surface area contributed by atoms with E-state index in [0.29, 0.717) is 13.2 Å². The van der Waals surface area contributed by atoms with Gasteiger partial charge in [-0.15, -0.1) is 0 Å². The summed E-state index contributed by atoms with van der Waals surface area (Å²) in [5.74, 6) is 1.59.